The van der Waals surface area contributed by atoms with Crippen LogP contribution < -0.4 is 5.32 Å². The molecule has 0 aromatic heterocycles. The Morgan fingerprint density at radius 2 is 2.33 bits per heavy atom. The van der Waals surface area contributed by atoms with Crippen molar-refractivity contribution in [1.29, 1.82) is 0 Å². The normalized spacial score (nSPS) is 23.6. The summed E-state index contributed by atoms with van der Waals surface area (Å²) in [6, 6.07) is 0.626. The molecule has 1 rings (SSSR count). The molecule has 1 N–H and O–H groups in total. The van der Waals surface area contributed by atoms with Gasteiger partial charge in [-0.25, -0.2) is 0 Å². The Kier molecular flexibility index (Phi) is 6.22. The Morgan fingerprint density at radius 3 is 2.87 bits per heavy atom. The average Bonchev–Trinajstić information content (AvgIpc) is 2.69. The first kappa shape index (κ1) is 12.9. The number of nitrogens with zero attached hydrogens (tertiary/aromatic N) is 1. The zero-order valence-corrected chi connectivity index (χ0v) is 10.5. The van der Waals surface area contributed by atoms with E-state index in [1.165, 1.54) is 25.7 Å². The maximum atomic E-state index is 5.64. The SMILES string of the molecule is CCCC(CN(C)CC1CCCO1)NC. The molecule has 0 aromatic rings. The summed E-state index contributed by atoms with van der Waals surface area (Å²) in [6.07, 6.45) is 5.46. The number of hydrogen-bond donors (Lipinski definition) is 1. The van der Waals surface area contributed by atoms with Crippen molar-refractivity contribution in [2.24, 2.45) is 0 Å². The maximum Gasteiger partial charge on any atom is 0.0702 e. The Morgan fingerprint density at radius 1 is 1.53 bits per heavy atom. The summed E-state index contributed by atoms with van der Waals surface area (Å²) in [4.78, 5) is 2.40. The van der Waals surface area contributed by atoms with Crippen molar-refractivity contribution in [2.75, 3.05) is 33.8 Å². The van der Waals surface area contributed by atoms with Gasteiger partial charge < -0.3 is 15.0 Å². The van der Waals surface area contributed by atoms with Crippen LogP contribution in [0.3, 0.4) is 0 Å². The summed E-state index contributed by atoms with van der Waals surface area (Å²) in [5, 5.41) is 3.38. The molecule has 0 saturated carbocycles. The lowest BCUT2D eigenvalue weighted by molar-refractivity contribution is 0.0784. The number of ether oxygens (including phenoxy) is 1. The van der Waals surface area contributed by atoms with Gasteiger partial charge in [-0.15, -0.1) is 0 Å². The molecule has 1 saturated heterocycles. The van der Waals surface area contributed by atoms with Gasteiger partial charge in [-0.1, -0.05) is 13.3 Å². The van der Waals surface area contributed by atoms with Crippen LogP contribution in [0, 0.1) is 0 Å². The Labute approximate surface area is 94.2 Å². The van der Waals surface area contributed by atoms with Crippen LogP contribution in [0.15, 0.2) is 0 Å². The largest absolute Gasteiger partial charge is 0.377 e. The molecule has 0 aromatic carbocycles. The molecular formula is C12H26N2O. The van der Waals surface area contributed by atoms with Gasteiger partial charge in [-0.3, -0.25) is 0 Å². The van der Waals surface area contributed by atoms with Gasteiger partial charge in [0.15, 0.2) is 0 Å². The lowest BCUT2D eigenvalue weighted by Crippen LogP contribution is -2.40. The summed E-state index contributed by atoms with van der Waals surface area (Å²) in [5.41, 5.74) is 0. The van der Waals surface area contributed by atoms with E-state index in [2.05, 4.69) is 31.2 Å². The van der Waals surface area contributed by atoms with Gasteiger partial charge in [-0.05, 0) is 33.4 Å². The molecule has 15 heavy (non-hydrogen) atoms. The molecule has 2 atom stereocenters. The van der Waals surface area contributed by atoms with Crippen molar-refractivity contribution < 1.29 is 4.74 Å². The van der Waals surface area contributed by atoms with Gasteiger partial charge in [0.05, 0.1) is 6.10 Å². The second-order valence-electron chi connectivity index (χ2n) is 4.63. The zero-order valence-electron chi connectivity index (χ0n) is 10.5. The quantitative estimate of drug-likeness (QED) is 0.695. The third-order valence-electron chi connectivity index (χ3n) is 3.12. The van der Waals surface area contributed by atoms with Crippen molar-refractivity contribution in [3.05, 3.63) is 0 Å². The molecule has 1 fully saturated rings. The first-order chi connectivity index (χ1) is 7.26. The van der Waals surface area contributed by atoms with Crippen LogP contribution in [0.5, 0.6) is 0 Å². The predicted molar refractivity (Wildman–Crippen MR) is 64.2 cm³/mol. The lowest BCUT2D eigenvalue weighted by Gasteiger charge is -2.25. The van der Waals surface area contributed by atoms with Crippen LogP contribution in [-0.2, 0) is 4.74 Å². The fraction of sp³-hybridized carbons (Fsp3) is 1.00. The first-order valence-electron chi connectivity index (χ1n) is 6.23. The number of nitrogens with one attached hydrogen (secondary N) is 1. The average molecular weight is 214 g/mol. The summed E-state index contributed by atoms with van der Waals surface area (Å²) < 4.78 is 5.64. The number of rotatable bonds is 7. The van der Waals surface area contributed by atoms with Gasteiger partial charge in [0.2, 0.25) is 0 Å². The van der Waals surface area contributed by atoms with Crippen LogP contribution in [0.4, 0.5) is 0 Å². The third kappa shape index (κ3) is 4.96. The molecule has 90 valence electrons. The molecule has 0 bridgehead atoms. The van der Waals surface area contributed by atoms with Crippen molar-refractivity contribution in [3.8, 4) is 0 Å². The fourth-order valence-electron chi connectivity index (χ4n) is 2.26. The van der Waals surface area contributed by atoms with Crippen molar-refractivity contribution >= 4 is 0 Å². The standard InChI is InChI=1S/C12H26N2O/c1-4-6-11(13-2)9-14(3)10-12-7-5-8-15-12/h11-13H,4-10H2,1-3H3. The van der Waals surface area contributed by atoms with Gasteiger partial charge >= 0.3 is 0 Å². The van der Waals surface area contributed by atoms with Gasteiger partial charge in [0, 0.05) is 25.7 Å². The summed E-state index contributed by atoms with van der Waals surface area (Å²) in [6.45, 7) is 5.42. The van der Waals surface area contributed by atoms with Gasteiger partial charge in [0.25, 0.3) is 0 Å². The molecule has 0 radical (unpaired) electrons. The van der Waals surface area contributed by atoms with Crippen LogP contribution in [0.25, 0.3) is 0 Å². The van der Waals surface area contributed by atoms with E-state index in [0.717, 1.165) is 19.7 Å². The Bertz CT molecular complexity index is 158. The van der Waals surface area contributed by atoms with Crippen LogP contribution in [-0.4, -0.2) is 50.8 Å². The van der Waals surface area contributed by atoms with E-state index in [9.17, 15) is 0 Å². The maximum absolute atomic E-state index is 5.64. The topological polar surface area (TPSA) is 24.5 Å². The van der Waals surface area contributed by atoms with E-state index in [-0.39, 0.29) is 0 Å². The number of hydrogen-bond acceptors (Lipinski definition) is 3. The molecule has 1 aliphatic heterocycles. The molecule has 3 heteroatoms. The second-order valence-corrected chi connectivity index (χ2v) is 4.63. The second kappa shape index (κ2) is 7.20. The third-order valence-corrected chi connectivity index (χ3v) is 3.12. The summed E-state index contributed by atoms with van der Waals surface area (Å²) >= 11 is 0. The zero-order chi connectivity index (χ0) is 11.1. The highest BCUT2D eigenvalue weighted by molar-refractivity contribution is 4.73. The summed E-state index contributed by atoms with van der Waals surface area (Å²) in [7, 11) is 4.25. The fourth-order valence-corrected chi connectivity index (χ4v) is 2.26. The smallest absolute Gasteiger partial charge is 0.0702 e. The summed E-state index contributed by atoms with van der Waals surface area (Å²) in [5.74, 6) is 0. The predicted octanol–water partition coefficient (Wildman–Crippen LogP) is 1.49. The van der Waals surface area contributed by atoms with E-state index in [1.807, 2.05) is 0 Å². The van der Waals surface area contributed by atoms with Crippen LogP contribution >= 0.6 is 0 Å². The highest BCUT2D eigenvalue weighted by Gasteiger charge is 2.18. The minimum absolute atomic E-state index is 0.481. The minimum atomic E-state index is 0.481. The van der Waals surface area contributed by atoms with Gasteiger partial charge in [-0.2, -0.15) is 0 Å². The van der Waals surface area contributed by atoms with E-state index >= 15 is 0 Å². The van der Waals surface area contributed by atoms with E-state index < -0.39 is 0 Å². The molecule has 3 nitrogen and oxygen atoms in total. The highest BCUT2D eigenvalue weighted by atomic mass is 16.5. The molecule has 0 spiro atoms. The molecular weight excluding hydrogens is 188 g/mol. The van der Waals surface area contributed by atoms with E-state index in [4.69, 9.17) is 4.74 Å². The monoisotopic (exact) mass is 214 g/mol. The van der Waals surface area contributed by atoms with Crippen molar-refractivity contribution in [1.82, 2.24) is 10.2 Å². The lowest BCUT2D eigenvalue weighted by atomic mass is 10.1. The minimum Gasteiger partial charge on any atom is -0.377 e. The Balaban J connectivity index is 2.17. The Hall–Kier alpha value is -0.120. The number of likely N-dealkylation sites (N-methyl/N-ethyl adjacent to an activating group) is 2. The van der Waals surface area contributed by atoms with Crippen molar-refractivity contribution in [3.63, 3.8) is 0 Å². The van der Waals surface area contributed by atoms with E-state index in [0.29, 0.717) is 12.1 Å². The molecule has 1 heterocycles. The van der Waals surface area contributed by atoms with Gasteiger partial charge in [0.1, 0.15) is 0 Å². The molecule has 1 aliphatic rings. The highest BCUT2D eigenvalue weighted by Crippen LogP contribution is 2.13. The molecule has 0 aliphatic carbocycles. The molecule has 0 amide bonds. The van der Waals surface area contributed by atoms with Crippen molar-refractivity contribution in [2.45, 2.75) is 44.8 Å². The van der Waals surface area contributed by atoms with Crippen LogP contribution in [0.1, 0.15) is 32.6 Å². The van der Waals surface area contributed by atoms with E-state index in [1.54, 1.807) is 0 Å². The molecule has 2 unspecified atom stereocenters. The van der Waals surface area contributed by atoms with Crippen LogP contribution in [0.2, 0.25) is 0 Å². The first-order valence-corrected chi connectivity index (χ1v) is 6.23.